The number of nitrogens with zero attached hydrogens (tertiary/aromatic N) is 5. The molecule has 0 atom stereocenters. The molecule has 1 amide bonds. The lowest BCUT2D eigenvalue weighted by Gasteiger charge is -2.16. The number of carbonyl (C=O) groups is 1. The van der Waals surface area contributed by atoms with E-state index in [-0.39, 0.29) is 5.91 Å². The number of aromatic nitrogens is 3. The number of halogens is 1. The summed E-state index contributed by atoms with van der Waals surface area (Å²) in [7, 11) is 5.75. The average molecular weight is 470 g/mol. The van der Waals surface area contributed by atoms with Gasteiger partial charge in [0.25, 0.3) is 5.91 Å². The third-order valence-electron chi connectivity index (χ3n) is 4.53. The summed E-state index contributed by atoms with van der Waals surface area (Å²) in [5.74, 6) is 0.816. The van der Waals surface area contributed by atoms with E-state index in [0.29, 0.717) is 11.4 Å². The van der Waals surface area contributed by atoms with Gasteiger partial charge in [0.1, 0.15) is 10.3 Å². The second kappa shape index (κ2) is 7.96. The van der Waals surface area contributed by atoms with Crippen LogP contribution in [0.4, 0.5) is 5.95 Å². The maximum absolute atomic E-state index is 13.0. The van der Waals surface area contributed by atoms with Crippen molar-refractivity contribution in [1.82, 2.24) is 19.4 Å². The van der Waals surface area contributed by atoms with Gasteiger partial charge in [0.05, 0.1) is 4.88 Å². The van der Waals surface area contributed by atoms with Gasteiger partial charge in [-0.15, -0.1) is 11.3 Å². The Bertz CT molecular complexity index is 1150. The first-order valence-electron chi connectivity index (χ1n) is 9.04. The molecular formula is C21H20BrN5OS. The fourth-order valence-electron chi connectivity index (χ4n) is 3.11. The zero-order valence-corrected chi connectivity index (χ0v) is 18.7. The summed E-state index contributed by atoms with van der Waals surface area (Å²) in [6, 6.07) is 13.8. The third kappa shape index (κ3) is 3.90. The van der Waals surface area contributed by atoms with Crippen molar-refractivity contribution in [2.24, 2.45) is 0 Å². The Labute approximate surface area is 181 Å². The summed E-state index contributed by atoms with van der Waals surface area (Å²) in [6.07, 6.45) is 3.47. The predicted molar refractivity (Wildman–Crippen MR) is 121 cm³/mol. The monoisotopic (exact) mass is 469 g/mol. The lowest BCUT2D eigenvalue weighted by Crippen LogP contribution is -2.25. The van der Waals surface area contributed by atoms with Crippen molar-refractivity contribution in [3.8, 4) is 5.69 Å². The van der Waals surface area contributed by atoms with Crippen LogP contribution in [0.5, 0.6) is 0 Å². The van der Waals surface area contributed by atoms with Crippen LogP contribution in [0.25, 0.3) is 16.0 Å². The number of fused-ring (bicyclic) bond motifs is 1. The molecule has 0 aliphatic rings. The van der Waals surface area contributed by atoms with Crippen LogP contribution in [-0.4, -0.2) is 46.5 Å². The topological polar surface area (TPSA) is 54.3 Å². The highest BCUT2D eigenvalue weighted by Crippen LogP contribution is 2.33. The van der Waals surface area contributed by atoms with Gasteiger partial charge in [-0.05, 0) is 48.0 Å². The van der Waals surface area contributed by atoms with E-state index in [0.717, 1.165) is 32.0 Å². The molecule has 4 rings (SSSR count). The van der Waals surface area contributed by atoms with E-state index in [2.05, 4.69) is 25.5 Å². The Morgan fingerprint density at radius 3 is 2.45 bits per heavy atom. The molecule has 3 aromatic heterocycles. The fourth-order valence-corrected chi connectivity index (χ4v) is 4.48. The first-order chi connectivity index (χ1) is 13.9. The Kier molecular flexibility index (Phi) is 5.38. The van der Waals surface area contributed by atoms with Crippen LogP contribution in [0, 0.1) is 0 Å². The lowest BCUT2D eigenvalue weighted by atomic mass is 10.2. The van der Waals surface area contributed by atoms with Gasteiger partial charge >= 0.3 is 0 Å². The zero-order chi connectivity index (χ0) is 20.5. The second-order valence-electron chi connectivity index (χ2n) is 6.94. The lowest BCUT2D eigenvalue weighted by molar-refractivity contribution is 0.0790. The van der Waals surface area contributed by atoms with Crippen LogP contribution < -0.4 is 4.90 Å². The maximum Gasteiger partial charge on any atom is 0.264 e. The average Bonchev–Trinajstić information content (AvgIpc) is 3.27. The third-order valence-corrected chi connectivity index (χ3v) is 6.15. The van der Waals surface area contributed by atoms with Crippen molar-refractivity contribution in [1.29, 1.82) is 0 Å². The van der Waals surface area contributed by atoms with Crippen molar-refractivity contribution < 1.29 is 4.79 Å². The molecule has 3 heterocycles. The molecular weight excluding hydrogens is 450 g/mol. The van der Waals surface area contributed by atoms with Crippen molar-refractivity contribution in [3.05, 3.63) is 69.8 Å². The minimum atomic E-state index is -0.0152. The van der Waals surface area contributed by atoms with E-state index in [4.69, 9.17) is 4.98 Å². The van der Waals surface area contributed by atoms with Gasteiger partial charge in [0, 0.05) is 50.2 Å². The van der Waals surface area contributed by atoms with Crippen molar-refractivity contribution >= 4 is 49.5 Å². The number of imidazole rings is 1. The van der Waals surface area contributed by atoms with E-state index < -0.39 is 0 Å². The number of thiophene rings is 1. The molecule has 8 heteroatoms. The highest BCUT2D eigenvalue weighted by atomic mass is 79.9. The Morgan fingerprint density at radius 2 is 1.79 bits per heavy atom. The summed E-state index contributed by atoms with van der Waals surface area (Å²) >= 11 is 4.95. The second-order valence-corrected chi connectivity index (χ2v) is 8.88. The molecule has 0 aliphatic carbocycles. The molecule has 29 heavy (non-hydrogen) atoms. The predicted octanol–water partition coefficient (Wildman–Crippen LogP) is 4.58. The maximum atomic E-state index is 13.0. The first-order valence-corrected chi connectivity index (χ1v) is 10.6. The minimum absolute atomic E-state index is 0.0152. The summed E-state index contributed by atoms with van der Waals surface area (Å²) in [5, 5.41) is 0. The van der Waals surface area contributed by atoms with E-state index in [1.54, 1.807) is 17.3 Å². The van der Waals surface area contributed by atoms with Crippen LogP contribution in [0.15, 0.2) is 59.3 Å². The molecule has 0 bridgehead atoms. The van der Waals surface area contributed by atoms with E-state index >= 15 is 0 Å². The van der Waals surface area contributed by atoms with Gasteiger partial charge in [0.15, 0.2) is 0 Å². The van der Waals surface area contributed by atoms with Crippen molar-refractivity contribution in [3.63, 3.8) is 0 Å². The molecule has 0 spiro atoms. The highest BCUT2D eigenvalue weighted by molar-refractivity contribution is 9.10. The van der Waals surface area contributed by atoms with Crippen molar-refractivity contribution in [2.75, 3.05) is 26.0 Å². The van der Waals surface area contributed by atoms with Crippen molar-refractivity contribution in [2.45, 2.75) is 6.54 Å². The summed E-state index contributed by atoms with van der Waals surface area (Å²) in [5.41, 5.74) is 2.87. The number of hydrogen-bond acceptors (Lipinski definition) is 5. The molecule has 0 saturated carbocycles. The number of carbonyl (C=O) groups excluding carboxylic acids is 1. The standard InChI is InChI=1S/C21H20BrN5OS/c1-25(2)21-24-17-12-18(19(28)26(3)13-14-8-10-23-11-9-14)29-20(17)27(21)16-6-4-15(22)5-7-16/h4-12H,13H2,1-3H3. The molecule has 0 unspecified atom stereocenters. The number of anilines is 1. The van der Waals surface area contributed by atoms with E-state index in [1.165, 1.54) is 11.3 Å². The normalized spacial score (nSPS) is 11.0. The van der Waals surface area contributed by atoms with Crippen LogP contribution in [0.3, 0.4) is 0 Å². The smallest absolute Gasteiger partial charge is 0.264 e. The van der Waals surface area contributed by atoms with Gasteiger partial charge in [0.2, 0.25) is 5.95 Å². The number of hydrogen-bond donors (Lipinski definition) is 0. The van der Waals surface area contributed by atoms with Gasteiger partial charge in [-0.2, -0.15) is 0 Å². The largest absolute Gasteiger partial charge is 0.348 e. The Hall–Kier alpha value is -2.71. The molecule has 0 radical (unpaired) electrons. The van der Waals surface area contributed by atoms with Crippen LogP contribution >= 0.6 is 27.3 Å². The molecule has 0 fully saturated rings. The summed E-state index contributed by atoms with van der Waals surface area (Å²) < 4.78 is 3.11. The van der Waals surface area contributed by atoms with Crippen LogP contribution in [-0.2, 0) is 6.54 Å². The number of pyridine rings is 1. The number of rotatable bonds is 5. The van der Waals surface area contributed by atoms with E-state index in [1.807, 2.05) is 68.5 Å². The van der Waals surface area contributed by atoms with E-state index in [9.17, 15) is 4.79 Å². The first kappa shape index (κ1) is 19.6. The molecule has 0 saturated heterocycles. The SMILES string of the molecule is CN(Cc1ccncc1)C(=O)c1cc2nc(N(C)C)n(-c3ccc(Br)cc3)c2s1. The van der Waals surface area contributed by atoms with Crippen LogP contribution in [0.2, 0.25) is 0 Å². The molecule has 0 aliphatic heterocycles. The highest BCUT2D eigenvalue weighted by Gasteiger charge is 2.21. The molecule has 4 aromatic rings. The molecule has 6 nitrogen and oxygen atoms in total. The number of amides is 1. The molecule has 1 aromatic carbocycles. The van der Waals surface area contributed by atoms with Gasteiger partial charge in [-0.3, -0.25) is 14.3 Å². The molecule has 148 valence electrons. The zero-order valence-electron chi connectivity index (χ0n) is 16.3. The molecule has 0 N–H and O–H groups in total. The number of benzene rings is 1. The Morgan fingerprint density at radius 1 is 1.10 bits per heavy atom. The van der Waals surface area contributed by atoms with Gasteiger partial charge < -0.3 is 9.80 Å². The fraction of sp³-hybridized carbons (Fsp3) is 0.190. The van der Waals surface area contributed by atoms with Gasteiger partial charge in [-0.1, -0.05) is 15.9 Å². The Balaban J connectivity index is 1.70. The van der Waals surface area contributed by atoms with Crippen LogP contribution in [0.1, 0.15) is 15.2 Å². The minimum Gasteiger partial charge on any atom is -0.348 e. The quantitative estimate of drug-likeness (QED) is 0.429. The van der Waals surface area contributed by atoms with Gasteiger partial charge in [-0.25, -0.2) is 4.98 Å². The summed E-state index contributed by atoms with van der Waals surface area (Å²) in [4.78, 5) is 27.1. The summed E-state index contributed by atoms with van der Waals surface area (Å²) in [6.45, 7) is 0.534.